The molecule has 6 nitrogen and oxygen atoms in total. The minimum Gasteiger partial charge on any atom is -0.486 e. The number of carbonyl (C=O) groups excluding carboxylic acids is 2. The summed E-state index contributed by atoms with van der Waals surface area (Å²) in [5.41, 5.74) is -0.810. The third kappa shape index (κ3) is 3.71. The summed E-state index contributed by atoms with van der Waals surface area (Å²) >= 11 is 0. The summed E-state index contributed by atoms with van der Waals surface area (Å²) in [5, 5.41) is 2.27. The lowest BCUT2D eigenvalue weighted by Gasteiger charge is -2.21. The molecule has 136 valence electrons. The molecule has 1 aliphatic heterocycles. The highest BCUT2D eigenvalue weighted by Gasteiger charge is 2.30. The van der Waals surface area contributed by atoms with E-state index < -0.39 is 17.8 Å². The molecule has 0 saturated heterocycles. The summed E-state index contributed by atoms with van der Waals surface area (Å²) in [7, 11) is 0. The predicted octanol–water partition coefficient (Wildman–Crippen LogP) is 3.67. The Hall–Kier alpha value is -3.23. The lowest BCUT2D eigenvalue weighted by Crippen LogP contribution is -2.34. The first kappa shape index (κ1) is 17.6. The second kappa shape index (κ2) is 6.95. The van der Waals surface area contributed by atoms with Crippen LogP contribution in [0.1, 0.15) is 5.56 Å². The summed E-state index contributed by atoms with van der Waals surface area (Å²) in [4.78, 5) is 24.4. The van der Waals surface area contributed by atoms with Crippen LogP contribution in [0.2, 0.25) is 0 Å². The zero-order valence-electron chi connectivity index (χ0n) is 13.2. The molecule has 3 amide bonds. The Morgan fingerprint density at radius 1 is 1.08 bits per heavy atom. The Labute approximate surface area is 146 Å². The SMILES string of the molecule is O=CN(C(=O)Nc1cccc(C(F)(F)F)c1)c1ccc2c(c1)OCCO2. The number of amides is 3. The van der Waals surface area contributed by atoms with Gasteiger partial charge in [0, 0.05) is 11.8 Å². The number of rotatable bonds is 3. The van der Waals surface area contributed by atoms with Crippen LogP contribution in [0.25, 0.3) is 0 Å². The van der Waals surface area contributed by atoms with E-state index in [1.165, 1.54) is 24.3 Å². The smallest absolute Gasteiger partial charge is 0.416 e. The van der Waals surface area contributed by atoms with Crippen molar-refractivity contribution in [1.29, 1.82) is 0 Å². The molecule has 1 heterocycles. The number of nitrogens with zero attached hydrogens (tertiary/aromatic N) is 1. The van der Waals surface area contributed by atoms with Crippen molar-refractivity contribution < 1.29 is 32.2 Å². The number of benzene rings is 2. The number of nitrogens with one attached hydrogen (secondary N) is 1. The highest BCUT2D eigenvalue weighted by molar-refractivity contribution is 6.12. The van der Waals surface area contributed by atoms with Crippen LogP contribution in [0.4, 0.5) is 29.3 Å². The molecule has 0 aromatic heterocycles. The van der Waals surface area contributed by atoms with E-state index in [1.807, 2.05) is 0 Å². The molecule has 0 aliphatic carbocycles. The monoisotopic (exact) mass is 366 g/mol. The second-order valence-electron chi connectivity index (χ2n) is 5.31. The predicted molar refractivity (Wildman–Crippen MR) is 86.4 cm³/mol. The van der Waals surface area contributed by atoms with Gasteiger partial charge in [-0.05, 0) is 30.3 Å². The van der Waals surface area contributed by atoms with E-state index in [0.717, 1.165) is 23.1 Å². The summed E-state index contributed by atoms with van der Waals surface area (Å²) < 4.78 is 49.0. The normalized spacial score (nSPS) is 13.0. The fourth-order valence-corrected chi connectivity index (χ4v) is 2.36. The van der Waals surface area contributed by atoms with Crippen molar-refractivity contribution in [2.75, 3.05) is 23.4 Å². The van der Waals surface area contributed by atoms with Gasteiger partial charge in [-0.25, -0.2) is 9.69 Å². The van der Waals surface area contributed by atoms with E-state index in [2.05, 4.69) is 5.32 Å². The Morgan fingerprint density at radius 2 is 1.81 bits per heavy atom. The number of urea groups is 1. The maximum atomic E-state index is 12.8. The van der Waals surface area contributed by atoms with E-state index in [4.69, 9.17) is 9.47 Å². The molecule has 2 aromatic rings. The van der Waals surface area contributed by atoms with E-state index in [1.54, 1.807) is 0 Å². The molecule has 0 radical (unpaired) electrons. The highest BCUT2D eigenvalue weighted by Crippen LogP contribution is 2.34. The molecule has 0 bridgehead atoms. The highest BCUT2D eigenvalue weighted by atomic mass is 19.4. The van der Waals surface area contributed by atoms with Crippen LogP contribution in [0.5, 0.6) is 11.5 Å². The third-order valence-corrected chi connectivity index (χ3v) is 3.57. The molecule has 3 rings (SSSR count). The van der Waals surface area contributed by atoms with Crippen LogP contribution in [-0.2, 0) is 11.0 Å². The first-order chi connectivity index (χ1) is 12.4. The van der Waals surface area contributed by atoms with Crippen LogP contribution in [0, 0.1) is 0 Å². The third-order valence-electron chi connectivity index (χ3n) is 3.57. The molecule has 0 unspecified atom stereocenters. The summed E-state index contributed by atoms with van der Waals surface area (Å²) in [6.07, 6.45) is -4.28. The standard InChI is InChI=1S/C17H13F3N2O4/c18-17(19,20)11-2-1-3-12(8-11)21-16(24)22(10-23)13-4-5-14-15(9-13)26-7-6-25-14/h1-5,8-10H,6-7H2,(H,21,24). The first-order valence-corrected chi connectivity index (χ1v) is 7.51. The van der Waals surface area contributed by atoms with E-state index in [0.29, 0.717) is 24.7 Å². The van der Waals surface area contributed by atoms with Gasteiger partial charge >= 0.3 is 12.2 Å². The van der Waals surface area contributed by atoms with Gasteiger partial charge in [-0.2, -0.15) is 13.2 Å². The van der Waals surface area contributed by atoms with Gasteiger partial charge in [-0.1, -0.05) is 6.07 Å². The summed E-state index contributed by atoms with van der Waals surface area (Å²) in [6.45, 7) is 0.716. The number of carbonyl (C=O) groups is 2. The van der Waals surface area contributed by atoms with Crippen LogP contribution in [0.3, 0.4) is 0 Å². The first-order valence-electron chi connectivity index (χ1n) is 7.51. The number of hydrogen-bond acceptors (Lipinski definition) is 4. The second-order valence-corrected chi connectivity index (χ2v) is 5.31. The maximum Gasteiger partial charge on any atom is 0.416 e. The minimum atomic E-state index is -4.54. The molecule has 26 heavy (non-hydrogen) atoms. The van der Waals surface area contributed by atoms with E-state index >= 15 is 0 Å². The summed E-state index contributed by atoms with van der Waals surface area (Å²) in [6, 6.07) is 7.66. The van der Waals surface area contributed by atoms with Gasteiger partial charge in [0.1, 0.15) is 13.2 Å². The lowest BCUT2D eigenvalue weighted by molar-refractivity contribution is -0.137. The van der Waals surface area contributed by atoms with Crippen molar-refractivity contribution in [3.05, 3.63) is 48.0 Å². The largest absolute Gasteiger partial charge is 0.486 e. The molecular weight excluding hydrogens is 353 g/mol. The van der Waals surface area contributed by atoms with Gasteiger partial charge in [0.05, 0.1) is 11.3 Å². The van der Waals surface area contributed by atoms with Gasteiger partial charge in [0.2, 0.25) is 6.41 Å². The van der Waals surface area contributed by atoms with Crippen LogP contribution < -0.4 is 19.7 Å². The number of halogens is 3. The molecule has 0 fully saturated rings. The van der Waals surface area contributed by atoms with Gasteiger partial charge in [-0.15, -0.1) is 0 Å². The topological polar surface area (TPSA) is 67.9 Å². The number of imide groups is 1. The van der Waals surface area contributed by atoms with Gasteiger partial charge in [0.15, 0.2) is 11.5 Å². The van der Waals surface area contributed by atoms with Crippen molar-refractivity contribution in [3.63, 3.8) is 0 Å². The molecule has 1 N–H and O–H groups in total. The molecule has 1 aliphatic rings. The molecule has 9 heteroatoms. The van der Waals surface area contributed by atoms with Crippen molar-refractivity contribution >= 4 is 23.8 Å². The van der Waals surface area contributed by atoms with Crippen molar-refractivity contribution in [3.8, 4) is 11.5 Å². The molecular formula is C17H13F3N2O4. The number of hydrogen-bond donors (Lipinski definition) is 1. The molecule has 0 spiro atoms. The lowest BCUT2D eigenvalue weighted by atomic mass is 10.2. The Kier molecular flexibility index (Phi) is 4.70. The Morgan fingerprint density at radius 3 is 2.50 bits per heavy atom. The van der Waals surface area contributed by atoms with Crippen LogP contribution in [-0.4, -0.2) is 25.7 Å². The van der Waals surface area contributed by atoms with Crippen LogP contribution in [0.15, 0.2) is 42.5 Å². The van der Waals surface area contributed by atoms with Crippen molar-refractivity contribution in [2.45, 2.75) is 6.18 Å². The van der Waals surface area contributed by atoms with Gasteiger partial charge < -0.3 is 14.8 Å². The Balaban J connectivity index is 1.81. The fraction of sp³-hybridized carbons (Fsp3) is 0.176. The van der Waals surface area contributed by atoms with Gasteiger partial charge in [0.25, 0.3) is 0 Å². The maximum absolute atomic E-state index is 12.8. The molecule has 0 saturated carbocycles. The van der Waals surface area contributed by atoms with Crippen molar-refractivity contribution in [1.82, 2.24) is 0 Å². The number of anilines is 2. The van der Waals surface area contributed by atoms with Gasteiger partial charge in [-0.3, -0.25) is 4.79 Å². The Bertz CT molecular complexity index is 839. The minimum absolute atomic E-state index is 0.0887. The quantitative estimate of drug-likeness (QED) is 0.842. The number of alkyl halides is 3. The summed E-state index contributed by atoms with van der Waals surface area (Å²) in [5.74, 6) is 0.844. The van der Waals surface area contributed by atoms with Crippen LogP contribution >= 0.6 is 0 Å². The van der Waals surface area contributed by atoms with Crippen molar-refractivity contribution in [2.24, 2.45) is 0 Å². The molecule has 0 atom stereocenters. The zero-order valence-corrected chi connectivity index (χ0v) is 13.2. The number of fused-ring (bicyclic) bond motifs is 1. The average Bonchev–Trinajstić information content (AvgIpc) is 2.62. The number of ether oxygens (including phenoxy) is 2. The van der Waals surface area contributed by atoms with E-state index in [9.17, 15) is 22.8 Å². The van der Waals surface area contributed by atoms with E-state index in [-0.39, 0.29) is 17.8 Å². The molecule has 2 aromatic carbocycles. The average molecular weight is 366 g/mol. The zero-order chi connectivity index (χ0) is 18.7. The fourth-order valence-electron chi connectivity index (χ4n) is 2.36.